The third-order valence-electron chi connectivity index (χ3n) is 2.96. The smallest absolute Gasteiger partial charge is 0.227 e. The molecular weight excluding hydrogens is 280 g/mol. The maximum Gasteiger partial charge on any atom is 0.227 e. The van der Waals surface area contributed by atoms with Gasteiger partial charge >= 0.3 is 0 Å². The topological polar surface area (TPSA) is 42.0 Å². The van der Waals surface area contributed by atoms with Crippen LogP contribution in [0.4, 0.5) is 0 Å². The van der Waals surface area contributed by atoms with Crippen LogP contribution >= 0.6 is 22.9 Å². The van der Waals surface area contributed by atoms with Crippen molar-refractivity contribution >= 4 is 28.8 Å². The Morgan fingerprint density at radius 2 is 2.21 bits per heavy atom. The molecule has 19 heavy (non-hydrogen) atoms. The lowest BCUT2D eigenvalue weighted by atomic mass is 10.1. The van der Waals surface area contributed by atoms with Crippen molar-refractivity contribution in [3.05, 3.63) is 16.1 Å². The second-order valence-electron chi connectivity index (χ2n) is 4.74. The van der Waals surface area contributed by atoms with Crippen molar-refractivity contribution in [1.82, 2.24) is 10.3 Å². The number of hydrogen-bond acceptors (Lipinski definition) is 3. The zero-order valence-electron chi connectivity index (χ0n) is 11.7. The van der Waals surface area contributed by atoms with Crippen LogP contribution in [-0.2, 0) is 17.1 Å². The second kappa shape index (κ2) is 9.32. The molecule has 0 aromatic carbocycles. The van der Waals surface area contributed by atoms with Gasteiger partial charge in [0.1, 0.15) is 5.01 Å². The van der Waals surface area contributed by atoms with E-state index in [1.54, 1.807) is 0 Å². The molecule has 108 valence electrons. The Bertz CT molecular complexity index is 381. The number of amides is 1. The fraction of sp³-hybridized carbons (Fsp3) is 0.714. The lowest BCUT2D eigenvalue weighted by molar-refractivity contribution is -0.121. The number of halogens is 1. The number of nitrogens with one attached hydrogen (secondary N) is 1. The van der Waals surface area contributed by atoms with Crippen molar-refractivity contribution in [1.29, 1.82) is 0 Å². The number of rotatable bonds is 9. The molecular formula is C14H23ClN2OS. The van der Waals surface area contributed by atoms with Crippen molar-refractivity contribution in [3.8, 4) is 0 Å². The first-order chi connectivity index (χ1) is 9.19. The molecule has 1 atom stereocenters. The highest BCUT2D eigenvalue weighted by atomic mass is 35.5. The molecule has 0 saturated heterocycles. The molecule has 0 spiro atoms. The molecule has 1 aromatic rings. The first kappa shape index (κ1) is 16.4. The Balaban J connectivity index is 2.42. The number of unbranched alkanes of at least 4 members (excludes halogenated alkanes) is 1. The van der Waals surface area contributed by atoms with Gasteiger partial charge in [0.05, 0.1) is 18.0 Å². The molecule has 0 saturated carbocycles. The van der Waals surface area contributed by atoms with Gasteiger partial charge in [-0.2, -0.15) is 0 Å². The molecule has 3 nitrogen and oxygen atoms in total. The number of carbonyl (C=O) groups excluding carboxylic acids is 1. The molecule has 5 heteroatoms. The maximum atomic E-state index is 12.0. The zero-order valence-corrected chi connectivity index (χ0v) is 13.3. The van der Waals surface area contributed by atoms with Crippen LogP contribution in [0.15, 0.2) is 5.38 Å². The standard InChI is InChI=1S/C14H23ClN2OS/c1-3-5-7-11(6-4-2)16-13(18)8-14-17-12(9-15)10-19-14/h10-11H,3-9H2,1-2H3,(H,16,18). The Morgan fingerprint density at radius 3 is 2.79 bits per heavy atom. The van der Waals surface area contributed by atoms with Crippen molar-refractivity contribution in [2.75, 3.05) is 0 Å². The third kappa shape index (κ3) is 6.39. The van der Waals surface area contributed by atoms with Crippen molar-refractivity contribution in [2.45, 2.75) is 64.3 Å². The molecule has 0 radical (unpaired) electrons. The van der Waals surface area contributed by atoms with E-state index in [1.165, 1.54) is 24.2 Å². The molecule has 1 rings (SSSR count). The Hall–Kier alpha value is -0.610. The van der Waals surface area contributed by atoms with Gasteiger partial charge in [-0.25, -0.2) is 4.98 Å². The summed E-state index contributed by atoms with van der Waals surface area (Å²) in [6.07, 6.45) is 5.92. The van der Waals surface area contributed by atoms with E-state index in [1.807, 2.05) is 5.38 Å². The van der Waals surface area contributed by atoms with E-state index in [9.17, 15) is 4.79 Å². The average Bonchev–Trinajstić information content (AvgIpc) is 2.83. The molecule has 0 bridgehead atoms. The summed E-state index contributed by atoms with van der Waals surface area (Å²) >= 11 is 7.21. The van der Waals surface area contributed by atoms with E-state index in [0.717, 1.165) is 30.0 Å². The minimum atomic E-state index is 0.0741. The highest BCUT2D eigenvalue weighted by molar-refractivity contribution is 7.09. The molecule has 0 aliphatic heterocycles. The van der Waals surface area contributed by atoms with Gasteiger partial charge in [-0.05, 0) is 12.8 Å². The van der Waals surface area contributed by atoms with Gasteiger partial charge in [0.2, 0.25) is 5.91 Å². The summed E-state index contributed by atoms with van der Waals surface area (Å²) in [4.78, 5) is 16.3. The summed E-state index contributed by atoms with van der Waals surface area (Å²) in [5.74, 6) is 0.484. The summed E-state index contributed by atoms with van der Waals surface area (Å²) in [5.41, 5.74) is 0.852. The zero-order chi connectivity index (χ0) is 14.1. The second-order valence-corrected chi connectivity index (χ2v) is 5.95. The predicted molar refractivity (Wildman–Crippen MR) is 81.7 cm³/mol. The van der Waals surface area contributed by atoms with Crippen LogP contribution in [0.25, 0.3) is 0 Å². The Morgan fingerprint density at radius 1 is 1.42 bits per heavy atom. The average molecular weight is 303 g/mol. The summed E-state index contributed by atoms with van der Waals surface area (Å²) < 4.78 is 0. The van der Waals surface area contributed by atoms with Crippen LogP contribution in [0, 0.1) is 0 Å². The van der Waals surface area contributed by atoms with E-state index < -0.39 is 0 Å². The number of nitrogens with zero attached hydrogens (tertiary/aromatic N) is 1. The van der Waals surface area contributed by atoms with E-state index in [2.05, 4.69) is 24.1 Å². The van der Waals surface area contributed by atoms with Crippen LogP contribution in [0.5, 0.6) is 0 Å². The monoisotopic (exact) mass is 302 g/mol. The minimum Gasteiger partial charge on any atom is -0.353 e. The van der Waals surface area contributed by atoms with E-state index in [0.29, 0.717) is 18.3 Å². The van der Waals surface area contributed by atoms with Gasteiger partial charge < -0.3 is 5.32 Å². The molecule has 1 aromatic heterocycles. The van der Waals surface area contributed by atoms with Gasteiger partial charge in [-0.15, -0.1) is 22.9 Å². The van der Waals surface area contributed by atoms with Crippen LogP contribution in [0.1, 0.15) is 56.7 Å². The van der Waals surface area contributed by atoms with Crippen molar-refractivity contribution in [3.63, 3.8) is 0 Å². The fourth-order valence-electron chi connectivity index (χ4n) is 2.00. The maximum absolute atomic E-state index is 12.0. The van der Waals surface area contributed by atoms with Gasteiger partial charge in [-0.3, -0.25) is 4.79 Å². The number of hydrogen-bond donors (Lipinski definition) is 1. The molecule has 0 aliphatic carbocycles. The predicted octanol–water partition coefficient (Wildman–Crippen LogP) is 3.90. The summed E-state index contributed by atoms with van der Waals surface area (Å²) in [5, 5.41) is 5.88. The van der Waals surface area contributed by atoms with Gasteiger partial charge in [0.25, 0.3) is 0 Å². The van der Waals surface area contributed by atoms with Crippen molar-refractivity contribution < 1.29 is 4.79 Å². The van der Waals surface area contributed by atoms with Crippen LogP contribution in [0.3, 0.4) is 0 Å². The number of thiazole rings is 1. The minimum absolute atomic E-state index is 0.0741. The normalized spacial score (nSPS) is 12.4. The SMILES string of the molecule is CCCCC(CCC)NC(=O)Cc1nc(CCl)cs1. The fourth-order valence-corrected chi connectivity index (χ4v) is 3.02. The molecule has 0 aliphatic rings. The largest absolute Gasteiger partial charge is 0.353 e. The summed E-state index contributed by atoms with van der Waals surface area (Å²) in [6, 6.07) is 0.310. The first-order valence-electron chi connectivity index (χ1n) is 6.98. The van der Waals surface area contributed by atoms with Crippen LogP contribution < -0.4 is 5.32 Å². The van der Waals surface area contributed by atoms with E-state index >= 15 is 0 Å². The van der Waals surface area contributed by atoms with Crippen molar-refractivity contribution in [2.24, 2.45) is 0 Å². The highest BCUT2D eigenvalue weighted by Gasteiger charge is 2.13. The number of alkyl halides is 1. The van der Waals surface area contributed by atoms with E-state index in [-0.39, 0.29) is 5.91 Å². The molecule has 1 N–H and O–H groups in total. The number of carbonyl (C=O) groups is 1. The highest BCUT2D eigenvalue weighted by Crippen LogP contribution is 2.13. The molecule has 1 unspecified atom stereocenters. The molecule has 0 fully saturated rings. The van der Waals surface area contributed by atoms with Crippen LogP contribution in [0.2, 0.25) is 0 Å². The lowest BCUT2D eigenvalue weighted by Gasteiger charge is -2.17. The summed E-state index contributed by atoms with van der Waals surface area (Å²) in [6.45, 7) is 4.33. The lowest BCUT2D eigenvalue weighted by Crippen LogP contribution is -2.35. The third-order valence-corrected chi connectivity index (χ3v) is 4.13. The molecule has 1 heterocycles. The quantitative estimate of drug-likeness (QED) is 0.703. The van der Waals surface area contributed by atoms with Crippen LogP contribution in [-0.4, -0.2) is 16.9 Å². The molecule has 1 amide bonds. The van der Waals surface area contributed by atoms with Gasteiger partial charge in [-0.1, -0.05) is 33.1 Å². The Kier molecular flexibility index (Phi) is 8.07. The summed E-state index contributed by atoms with van der Waals surface area (Å²) in [7, 11) is 0. The Labute approximate surface area is 124 Å². The number of aromatic nitrogens is 1. The van der Waals surface area contributed by atoms with Gasteiger partial charge in [0, 0.05) is 11.4 Å². The van der Waals surface area contributed by atoms with E-state index in [4.69, 9.17) is 11.6 Å². The first-order valence-corrected chi connectivity index (χ1v) is 8.39. The van der Waals surface area contributed by atoms with Gasteiger partial charge in [0.15, 0.2) is 0 Å².